The first-order chi connectivity index (χ1) is 12.3. The number of carbonyl (C=O) groups excluding carboxylic acids is 1. The molecule has 2 aromatic carbocycles. The van der Waals surface area contributed by atoms with E-state index in [1.165, 1.54) is 0 Å². The molecule has 2 N–H and O–H groups in total. The lowest BCUT2D eigenvalue weighted by atomic mass is 10.1. The summed E-state index contributed by atoms with van der Waals surface area (Å²) in [6.07, 6.45) is 0. The summed E-state index contributed by atoms with van der Waals surface area (Å²) in [6.45, 7) is 4.60. The Kier molecular flexibility index (Phi) is 6.17. The van der Waals surface area contributed by atoms with Crippen molar-refractivity contribution < 1.29 is 14.6 Å². The van der Waals surface area contributed by atoms with Gasteiger partial charge in [0.1, 0.15) is 0 Å². The van der Waals surface area contributed by atoms with Gasteiger partial charge in [0.2, 0.25) is 0 Å². The van der Waals surface area contributed by atoms with Crippen LogP contribution in [0.4, 0.5) is 0 Å². The molecule has 0 atom stereocenters. The van der Waals surface area contributed by atoms with Gasteiger partial charge < -0.3 is 15.2 Å². The summed E-state index contributed by atoms with van der Waals surface area (Å²) in [7, 11) is 0. The van der Waals surface area contributed by atoms with E-state index in [2.05, 4.69) is 10.2 Å². The molecule has 25 heavy (non-hydrogen) atoms. The van der Waals surface area contributed by atoms with Gasteiger partial charge in [0.05, 0.1) is 19.8 Å². The standard InChI is InChI=1S/C20H24N2O3/c23-15-19-6-2-1-5-18(19)13-21-20(24)17-7-3-4-16(12-17)14-22-8-10-25-11-9-22/h1-7,12,23H,8-11,13-15H2,(H,21,24). The molecule has 1 amide bonds. The molecule has 0 radical (unpaired) electrons. The zero-order valence-corrected chi connectivity index (χ0v) is 14.3. The molecule has 1 aliphatic rings. The van der Waals surface area contributed by atoms with Crippen LogP contribution in [0.25, 0.3) is 0 Å². The SMILES string of the molecule is O=C(NCc1ccccc1CO)c1cccc(CN2CCOCC2)c1. The molecule has 1 aliphatic heterocycles. The van der Waals surface area contributed by atoms with Crippen LogP contribution in [0.3, 0.4) is 0 Å². The molecule has 0 aromatic heterocycles. The van der Waals surface area contributed by atoms with Crippen LogP contribution in [0.1, 0.15) is 27.0 Å². The van der Waals surface area contributed by atoms with Gasteiger partial charge in [-0.25, -0.2) is 0 Å². The Bertz CT molecular complexity index is 712. The number of nitrogens with one attached hydrogen (secondary N) is 1. The highest BCUT2D eigenvalue weighted by Crippen LogP contribution is 2.12. The highest BCUT2D eigenvalue weighted by atomic mass is 16.5. The summed E-state index contributed by atoms with van der Waals surface area (Å²) in [5.41, 5.74) is 3.56. The molecular formula is C20H24N2O3. The van der Waals surface area contributed by atoms with Crippen molar-refractivity contribution in [2.24, 2.45) is 0 Å². The molecule has 0 bridgehead atoms. The molecule has 0 aliphatic carbocycles. The van der Waals surface area contributed by atoms with Crippen LogP contribution >= 0.6 is 0 Å². The number of amides is 1. The lowest BCUT2D eigenvalue weighted by molar-refractivity contribution is 0.0342. The largest absolute Gasteiger partial charge is 0.392 e. The van der Waals surface area contributed by atoms with E-state index in [0.29, 0.717) is 12.1 Å². The van der Waals surface area contributed by atoms with Crippen LogP contribution in [-0.4, -0.2) is 42.2 Å². The maximum Gasteiger partial charge on any atom is 0.251 e. The van der Waals surface area contributed by atoms with E-state index >= 15 is 0 Å². The average molecular weight is 340 g/mol. The van der Waals surface area contributed by atoms with Crippen molar-refractivity contribution in [1.82, 2.24) is 10.2 Å². The minimum atomic E-state index is -0.100. The van der Waals surface area contributed by atoms with Crippen LogP contribution in [0.5, 0.6) is 0 Å². The number of aliphatic hydroxyl groups excluding tert-OH is 1. The van der Waals surface area contributed by atoms with Crippen molar-refractivity contribution in [3.63, 3.8) is 0 Å². The minimum Gasteiger partial charge on any atom is -0.392 e. The Balaban J connectivity index is 1.61. The number of aliphatic hydroxyl groups is 1. The number of carbonyl (C=O) groups is 1. The number of hydrogen-bond donors (Lipinski definition) is 2. The second-order valence-corrected chi connectivity index (χ2v) is 6.20. The first kappa shape index (κ1) is 17.6. The van der Waals surface area contributed by atoms with Gasteiger partial charge in [-0.3, -0.25) is 9.69 Å². The predicted octanol–water partition coefficient (Wildman–Crippen LogP) is 1.94. The Morgan fingerprint density at radius 1 is 1.08 bits per heavy atom. The summed E-state index contributed by atoms with van der Waals surface area (Å²) >= 11 is 0. The maximum atomic E-state index is 12.5. The minimum absolute atomic E-state index is 0.0267. The number of benzene rings is 2. The second kappa shape index (κ2) is 8.76. The number of nitrogens with zero attached hydrogens (tertiary/aromatic N) is 1. The fourth-order valence-corrected chi connectivity index (χ4v) is 2.99. The Labute approximate surface area is 148 Å². The van der Waals surface area contributed by atoms with Crippen molar-refractivity contribution in [2.45, 2.75) is 19.7 Å². The molecular weight excluding hydrogens is 316 g/mol. The fraction of sp³-hybridized carbons (Fsp3) is 0.350. The van der Waals surface area contributed by atoms with Gasteiger partial charge >= 0.3 is 0 Å². The number of morpholine rings is 1. The molecule has 1 heterocycles. The monoisotopic (exact) mass is 340 g/mol. The Morgan fingerprint density at radius 3 is 2.60 bits per heavy atom. The summed E-state index contributed by atoms with van der Waals surface area (Å²) in [4.78, 5) is 14.8. The third-order valence-electron chi connectivity index (χ3n) is 4.43. The van der Waals surface area contributed by atoms with E-state index in [9.17, 15) is 9.90 Å². The van der Waals surface area contributed by atoms with Gasteiger partial charge in [-0.2, -0.15) is 0 Å². The van der Waals surface area contributed by atoms with Gasteiger partial charge in [0.25, 0.3) is 5.91 Å². The van der Waals surface area contributed by atoms with E-state index in [1.807, 2.05) is 48.5 Å². The number of ether oxygens (including phenoxy) is 1. The van der Waals surface area contributed by atoms with Crippen LogP contribution in [-0.2, 0) is 24.4 Å². The molecule has 5 nitrogen and oxygen atoms in total. The molecule has 0 spiro atoms. The smallest absolute Gasteiger partial charge is 0.251 e. The summed E-state index contributed by atoms with van der Waals surface area (Å²) in [5.74, 6) is -0.100. The Morgan fingerprint density at radius 2 is 1.84 bits per heavy atom. The van der Waals surface area contributed by atoms with E-state index in [-0.39, 0.29) is 12.5 Å². The van der Waals surface area contributed by atoms with Gasteiger partial charge in [0, 0.05) is 31.7 Å². The van der Waals surface area contributed by atoms with Gasteiger partial charge in [-0.05, 0) is 28.8 Å². The highest BCUT2D eigenvalue weighted by molar-refractivity contribution is 5.94. The van der Waals surface area contributed by atoms with E-state index in [4.69, 9.17) is 4.74 Å². The fourth-order valence-electron chi connectivity index (χ4n) is 2.99. The molecule has 0 saturated carbocycles. The molecule has 1 saturated heterocycles. The Hall–Kier alpha value is -2.21. The van der Waals surface area contributed by atoms with E-state index in [1.54, 1.807) is 0 Å². The number of rotatable bonds is 6. The highest BCUT2D eigenvalue weighted by Gasteiger charge is 2.12. The van der Waals surface area contributed by atoms with Crippen molar-refractivity contribution in [3.05, 3.63) is 70.8 Å². The van der Waals surface area contributed by atoms with Crippen LogP contribution < -0.4 is 5.32 Å². The van der Waals surface area contributed by atoms with Gasteiger partial charge in [-0.1, -0.05) is 36.4 Å². The summed E-state index contributed by atoms with van der Waals surface area (Å²) in [5, 5.41) is 12.3. The summed E-state index contributed by atoms with van der Waals surface area (Å²) in [6, 6.07) is 15.3. The first-order valence-electron chi connectivity index (χ1n) is 8.61. The van der Waals surface area contributed by atoms with Gasteiger partial charge in [0.15, 0.2) is 0 Å². The predicted molar refractivity (Wildman–Crippen MR) is 96.1 cm³/mol. The maximum absolute atomic E-state index is 12.5. The topological polar surface area (TPSA) is 61.8 Å². The zero-order valence-electron chi connectivity index (χ0n) is 14.3. The first-order valence-corrected chi connectivity index (χ1v) is 8.61. The molecule has 0 unspecified atom stereocenters. The van der Waals surface area contributed by atoms with Crippen molar-refractivity contribution >= 4 is 5.91 Å². The summed E-state index contributed by atoms with van der Waals surface area (Å²) < 4.78 is 5.37. The van der Waals surface area contributed by atoms with Gasteiger partial charge in [-0.15, -0.1) is 0 Å². The molecule has 1 fully saturated rings. The molecule has 3 rings (SSSR count). The zero-order chi connectivity index (χ0) is 17.5. The third-order valence-corrected chi connectivity index (χ3v) is 4.43. The van der Waals surface area contributed by atoms with E-state index < -0.39 is 0 Å². The third kappa shape index (κ3) is 4.89. The molecule has 2 aromatic rings. The second-order valence-electron chi connectivity index (χ2n) is 6.20. The molecule has 132 valence electrons. The van der Waals surface area contributed by atoms with Crippen molar-refractivity contribution in [1.29, 1.82) is 0 Å². The van der Waals surface area contributed by atoms with Crippen LogP contribution in [0.2, 0.25) is 0 Å². The quantitative estimate of drug-likeness (QED) is 0.844. The lowest BCUT2D eigenvalue weighted by Crippen LogP contribution is -2.35. The van der Waals surface area contributed by atoms with Crippen LogP contribution in [0.15, 0.2) is 48.5 Å². The van der Waals surface area contributed by atoms with Crippen molar-refractivity contribution in [3.8, 4) is 0 Å². The molecule has 5 heteroatoms. The normalized spacial score (nSPS) is 15.1. The van der Waals surface area contributed by atoms with E-state index in [0.717, 1.165) is 49.5 Å². The average Bonchev–Trinajstić information content (AvgIpc) is 2.67. The van der Waals surface area contributed by atoms with Crippen molar-refractivity contribution in [2.75, 3.05) is 26.3 Å². The number of hydrogen-bond acceptors (Lipinski definition) is 4. The van der Waals surface area contributed by atoms with Crippen LogP contribution in [0, 0.1) is 0 Å². The lowest BCUT2D eigenvalue weighted by Gasteiger charge is -2.26.